The van der Waals surface area contributed by atoms with Gasteiger partial charge in [-0.2, -0.15) is 9.78 Å². The quantitative estimate of drug-likeness (QED) is 0.773. The van der Waals surface area contributed by atoms with Gasteiger partial charge in [0.25, 0.3) is 0 Å². The monoisotopic (exact) mass is 254 g/mol. The lowest BCUT2D eigenvalue weighted by Gasteiger charge is -2.07. The fourth-order valence-corrected chi connectivity index (χ4v) is 1.45. The van der Waals surface area contributed by atoms with Gasteiger partial charge in [0.15, 0.2) is 0 Å². The first-order valence-electron chi connectivity index (χ1n) is 4.52. The number of halogens is 1. The lowest BCUT2D eigenvalue weighted by molar-refractivity contribution is 0.190. The third kappa shape index (κ3) is 2.24. The number of rotatable bonds is 2. The average molecular weight is 255 g/mol. The highest BCUT2D eigenvalue weighted by molar-refractivity contribution is 6.30. The number of aliphatic hydroxyl groups excluding tert-OH is 1. The molecule has 0 spiro atoms. The summed E-state index contributed by atoms with van der Waals surface area (Å²) < 4.78 is 0.691. The van der Waals surface area contributed by atoms with Crippen molar-refractivity contribution in [3.05, 3.63) is 41.2 Å². The Morgan fingerprint density at radius 2 is 2.29 bits per heavy atom. The Labute approximate surface area is 100 Å². The molecule has 0 fully saturated rings. The molecule has 1 unspecified atom stereocenters. The van der Waals surface area contributed by atoms with Crippen molar-refractivity contribution < 1.29 is 15.0 Å². The van der Waals surface area contributed by atoms with Crippen molar-refractivity contribution in [1.82, 2.24) is 19.7 Å². The molecule has 7 nitrogen and oxygen atoms in total. The molecule has 1 atom stereocenters. The standard InChI is InChI=1S/C9H7ClN4O3/c10-8-5(3-11-4-12-8)7(15)6-1-2-14(13-6)9(16)17/h1-4,7,15H,(H,16,17). The summed E-state index contributed by atoms with van der Waals surface area (Å²) in [5.74, 6) is 0. The zero-order valence-electron chi connectivity index (χ0n) is 8.36. The van der Waals surface area contributed by atoms with Crippen LogP contribution < -0.4 is 0 Å². The molecule has 0 saturated carbocycles. The number of hydrogen-bond donors (Lipinski definition) is 2. The van der Waals surface area contributed by atoms with Crippen LogP contribution in [0.4, 0.5) is 4.79 Å². The van der Waals surface area contributed by atoms with E-state index in [1.807, 2.05) is 0 Å². The topological polar surface area (TPSA) is 101 Å². The van der Waals surface area contributed by atoms with E-state index in [-0.39, 0.29) is 16.4 Å². The van der Waals surface area contributed by atoms with Crippen molar-refractivity contribution in [1.29, 1.82) is 0 Å². The molecule has 17 heavy (non-hydrogen) atoms. The van der Waals surface area contributed by atoms with Crippen LogP contribution in [-0.2, 0) is 0 Å². The number of carboxylic acid groups (broad SMARTS) is 1. The molecule has 2 N–H and O–H groups in total. The average Bonchev–Trinajstić information content (AvgIpc) is 2.78. The molecule has 88 valence electrons. The van der Waals surface area contributed by atoms with Crippen LogP contribution in [0.3, 0.4) is 0 Å². The molecule has 0 amide bonds. The second kappa shape index (κ2) is 4.48. The summed E-state index contributed by atoms with van der Waals surface area (Å²) in [7, 11) is 0. The van der Waals surface area contributed by atoms with E-state index in [0.717, 1.165) is 0 Å². The van der Waals surface area contributed by atoms with Gasteiger partial charge in [-0.25, -0.2) is 14.8 Å². The number of carbonyl (C=O) groups is 1. The van der Waals surface area contributed by atoms with Gasteiger partial charge in [0, 0.05) is 18.0 Å². The Morgan fingerprint density at radius 1 is 1.53 bits per heavy atom. The second-order valence-corrected chi connectivity index (χ2v) is 3.50. The van der Waals surface area contributed by atoms with Crippen molar-refractivity contribution in [2.24, 2.45) is 0 Å². The first-order chi connectivity index (χ1) is 8.09. The molecule has 0 bridgehead atoms. The smallest absolute Gasteiger partial charge is 0.432 e. The Morgan fingerprint density at radius 3 is 2.88 bits per heavy atom. The fraction of sp³-hybridized carbons (Fsp3) is 0.111. The summed E-state index contributed by atoms with van der Waals surface area (Å²) in [5.41, 5.74) is 0.425. The van der Waals surface area contributed by atoms with Crippen molar-refractivity contribution in [3.63, 3.8) is 0 Å². The summed E-state index contributed by atoms with van der Waals surface area (Å²) in [6.45, 7) is 0. The molecule has 0 aromatic carbocycles. The van der Waals surface area contributed by atoms with Gasteiger partial charge >= 0.3 is 6.09 Å². The van der Waals surface area contributed by atoms with Gasteiger partial charge in [0.05, 0.1) is 5.69 Å². The van der Waals surface area contributed by atoms with Crippen LogP contribution in [0.2, 0.25) is 5.15 Å². The molecular formula is C9H7ClN4O3. The van der Waals surface area contributed by atoms with E-state index in [4.69, 9.17) is 16.7 Å². The highest BCUT2D eigenvalue weighted by atomic mass is 35.5. The summed E-state index contributed by atoms with van der Waals surface area (Å²) >= 11 is 5.78. The van der Waals surface area contributed by atoms with Gasteiger partial charge in [-0.1, -0.05) is 11.6 Å². The number of nitrogens with zero attached hydrogens (tertiary/aromatic N) is 4. The van der Waals surface area contributed by atoms with E-state index in [0.29, 0.717) is 4.68 Å². The van der Waals surface area contributed by atoms with Crippen LogP contribution in [0.25, 0.3) is 0 Å². The van der Waals surface area contributed by atoms with Gasteiger partial charge in [0.2, 0.25) is 0 Å². The van der Waals surface area contributed by atoms with E-state index in [1.165, 1.54) is 24.8 Å². The van der Waals surface area contributed by atoms with Crippen LogP contribution in [-0.4, -0.2) is 36.1 Å². The number of aromatic nitrogens is 4. The van der Waals surface area contributed by atoms with Crippen LogP contribution in [0.5, 0.6) is 0 Å². The molecule has 2 aromatic rings. The van der Waals surface area contributed by atoms with E-state index >= 15 is 0 Å². The van der Waals surface area contributed by atoms with Crippen LogP contribution in [0, 0.1) is 0 Å². The summed E-state index contributed by atoms with van der Waals surface area (Å²) in [4.78, 5) is 18.0. The van der Waals surface area contributed by atoms with Gasteiger partial charge in [-0.05, 0) is 6.07 Å². The molecule has 0 aliphatic heterocycles. The van der Waals surface area contributed by atoms with Crippen molar-refractivity contribution in [2.45, 2.75) is 6.10 Å². The Bertz CT molecular complexity index is 557. The largest absolute Gasteiger partial charge is 0.463 e. The highest BCUT2D eigenvalue weighted by Gasteiger charge is 2.18. The van der Waals surface area contributed by atoms with Gasteiger partial charge < -0.3 is 10.2 Å². The minimum Gasteiger partial charge on any atom is -0.463 e. The van der Waals surface area contributed by atoms with Crippen molar-refractivity contribution in [3.8, 4) is 0 Å². The maximum atomic E-state index is 10.6. The Hall–Kier alpha value is -1.99. The summed E-state index contributed by atoms with van der Waals surface area (Å²) in [6.07, 6.45) is 1.41. The predicted molar refractivity (Wildman–Crippen MR) is 56.8 cm³/mol. The van der Waals surface area contributed by atoms with Gasteiger partial charge in [0.1, 0.15) is 17.6 Å². The zero-order valence-corrected chi connectivity index (χ0v) is 9.11. The molecular weight excluding hydrogens is 248 g/mol. The van der Waals surface area contributed by atoms with Gasteiger partial charge in [-0.3, -0.25) is 0 Å². The third-order valence-corrected chi connectivity index (χ3v) is 2.39. The highest BCUT2D eigenvalue weighted by Crippen LogP contribution is 2.24. The fourth-order valence-electron chi connectivity index (χ4n) is 1.26. The second-order valence-electron chi connectivity index (χ2n) is 3.14. The normalized spacial score (nSPS) is 12.4. The lowest BCUT2D eigenvalue weighted by Crippen LogP contribution is -2.10. The predicted octanol–water partition coefficient (Wildman–Crippen LogP) is 0.934. The lowest BCUT2D eigenvalue weighted by atomic mass is 10.1. The first-order valence-corrected chi connectivity index (χ1v) is 4.89. The minimum absolute atomic E-state index is 0.0948. The molecule has 2 aromatic heterocycles. The van der Waals surface area contributed by atoms with Crippen LogP contribution in [0.1, 0.15) is 17.4 Å². The van der Waals surface area contributed by atoms with Gasteiger partial charge in [-0.15, -0.1) is 0 Å². The molecule has 0 saturated heterocycles. The van der Waals surface area contributed by atoms with E-state index < -0.39 is 12.2 Å². The van der Waals surface area contributed by atoms with E-state index in [9.17, 15) is 9.90 Å². The molecule has 0 radical (unpaired) electrons. The summed E-state index contributed by atoms with van der Waals surface area (Å²) in [6, 6.07) is 1.38. The third-order valence-electron chi connectivity index (χ3n) is 2.07. The molecule has 0 aliphatic carbocycles. The number of hydrogen-bond acceptors (Lipinski definition) is 5. The Balaban J connectivity index is 2.34. The summed E-state index contributed by atoms with van der Waals surface area (Å²) in [5, 5.41) is 22.4. The van der Waals surface area contributed by atoms with Crippen LogP contribution >= 0.6 is 11.6 Å². The molecule has 2 heterocycles. The van der Waals surface area contributed by atoms with E-state index in [1.54, 1.807) is 0 Å². The van der Waals surface area contributed by atoms with Crippen molar-refractivity contribution in [2.75, 3.05) is 0 Å². The maximum absolute atomic E-state index is 10.6. The first kappa shape index (κ1) is 11.5. The minimum atomic E-state index is -1.24. The number of aliphatic hydroxyl groups is 1. The van der Waals surface area contributed by atoms with Crippen molar-refractivity contribution >= 4 is 17.7 Å². The molecule has 8 heteroatoms. The zero-order chi connectivity index (χ0) is 12.4. The Kier molecular flexibility index (Phi) is 3.03. The maximum Gasteiger partial charge on any atom is 0.432 e. The van der Waals surface area contributed by atoms with E-state index in [2.05, 4.69) is 15.1 Å². The molecule has 2 rings (SSSR count). The molecule has 0 aliphatic rings. The van der Waals surface area contributed by atoms with Crippen LogP contribution in [0.15, 0.2) is 24.8 Å². The SMILES string of the molecule is O=C(O)n1ccc(C(O)c2cncnc2Cl)n1.